The summed E-state index contributed by atoms with van der Waals surface area (Å²) < 4.78 is 7.91. The molecule has 6 heteroatoms. The van der Waals surface area contributed by atoms with E-state index in [1.54, 1.807) is 0 Å². The van der Waals surface area contributed by atoms with Gasteiger partial charge in [0.15, 0.2) is 5.76 Å². The molecule has 1 fully saturated rings. The van der Waals surface area contributed by atoms with Crippen molar-refractivity contribution in [3.8, 4) is 11.5 Å². The molecular weight excluding hydrogens is 412 g/mol. The summed E-state index contributed by atoms with van der Waals surface area (Å²) >= 11 is 0. The lowest BCUT2D eigenvalue weighted by Gasteiger charge is -2.33. The van der Waals surface area contributed by atoms with Crippen molar-refractivity contribution in [2.45, 2.75) is 25.5 Å². The lowest BCUT2D eigenvalue weighted by molar-refractivity contribution is 0.0891. The quantitative estimate of drug-likeness (QED) is 0.423. The Kier molecular flexibility index (Phi) is 6.58. The highest BCUT2D eigenvalue weighted by molar-refractivity contribution is 5.82. The monoisotopic (exact) mass is 444 g/mol. The molecule has 172 valence electrons. The molecule has 33 heavy (non-hydrogen) atoms. The third kappa shape index (κ3) is 5.19. The molecule has 1 aliphatic rings. The molecule has 0 aliphatic carbocycles. The second-order valence-corrected chi connectivity index (χ2v) is 9.13. The highest BCUT2D eigenvalue weighted by Gasteiger charge is 2.22. The van der Waals surface area contributed by atoms with Gasteiger partial charge in [0.05, 0.1) is 6.10 Å². The van der Waals surface area contributed by atoms with E-state index < -0.39 is 6.10 Å². The predicted octanol–water partition coefficient (Wildman–Crippen LogP) is 4.37. The zero-order valence-electron chi connectivity index (χ0n) is 19.2. The first kappa shape index (κ1) is 21.9. The number of piperidine rings is 1. The molecule has 6 nitrogen and oxygen atoms in total. The van der Waals surface area contributed by atoms with Crippen molar-refractivity contribution in [2.24, 2.45) is 13.0 Å². The fraction of sp³-hybridized carbons (Fsp3) is 0.370. The summed E-state index contributed by atoms with van der Waals surface area (Å²) in [5, 5.41) is 19.9. The van der Waals surface area contributed by atoms with E-state index in [1.807, 2.05) is 60.3 Å². The van der Waals surface area contributed by atoms with E-state index in [-0.39, 0.29) is 0 Å². The van der Waals surface area contributed by atoms with Gasteiger partial charge < -0.3 is 19.7 Å². The second kappa shape index (κ2) is 9.91. The molecule has 3 heterocycles. The number of aliphatic hydroxyl groups is 1. The number of hydrogen-bond acceptors (Lipinski definition) is 5. The first-order valence-electron chi connectivity index (χ1n) is 11.8. The van der Waals surface area contributed by atoms with Crippen molar-refractivity contribution >= 4 is 11.0 Å². The maximum Gasteiger partial charge on any atom is 0.156 e. The Morgan fingerprint density at radius 2 is 1.85 bits per heavy atom. The lowest BCUT2D eigenvalue weighted by Crippen LogP contribution is -2.39. The molecule has 5 rings (SSSR count). The Balaban J connectivity index is 1.12. The van der Waals surface area contributed by atoms with Crippen LogP contribution < -0.4 is 5.32 Å². The number of β-amino-alcohol motifs (C(OH)–C–C–N with tert-alkyl or cyclic N) is 1. The van der Waals surface area contributed by atoms with Gasteiger partial charge in [0.2, 0.25) is 0 Å². The number of nitrogens with zero attached hydrogens (tertiary/aromatic N) is 3. The van der Waals surface area contributed by atoms with Gasteiger partial charge in [-0.05, 0) is 56.1 Å². The first-order valence-corrected chi connectivity index (χ1v) is 11.8. The van der Waals surface area contributed by atoms with Crippen molar-refractivity contribution in [1.82, 2.24) is 20.0 Å². The summed E-state index contributed by atoms with van der Waals surface area (Å²) in [4.78, 5) is 2.38. The van der Waals surface area contributed by atoms with Crippen LogP contribution in [-0.2, 0) is 13.6 Å². The van der Waals surface area contributed by atoms with Crippen LogP contribution in [-0.4, -0.2) is 46.0 Å². The largest absolute Gasteiger partial charge is 0.454 e. The maximum absolute atomic E-state index is 10.5. The number of para-hydroxylation sites is 1. The van der Waals surface area contributed by atoms with E-state index in [2.05, 4.69) is 33.6 Å². The van der Waals surface area contributed by atoms with Crippen LogP contribution in [0.4, 0.5) is 0 Å². The predicted molar refractivity (Wildman–Crippen MR) is 131 cm³/mol. The minimum Gasteiger partial charge on any atom is -0.454 e. The van der Waals surface area contributed by atoms with Crippen LogP contribution in [0.2, 0.25) is 0 Å². The van der Waals surface area contributed by atoms with Crippen LogP contribution in [0.1, 0.15) is 30.1 Å². The van der Waals surface area contributed by atoms with Gasteiger partial charge in [-0.1, -0.05) is 48.5 Å². The topological polar surface area (TPSA) is 66.5 Å². The molecule has 0 saturated carbocycles. The van der Waals surface area contributed by atoms with Gasteiger partial charge in [-0.3, -0.25) is 4.68 Å². The highest BCUT2D eigenvalue weighted by atomic mass is 16.3. The summed E-state index contributed by atoms with van der Waals surface area (Å²) in [5.74, 6) is 1.47. The second-order valence-electron chi connectivity index (χ2n) is 9.13. The minimum absolute atomic E-state index is 0.414. The van der Waals surface area contributed by atoms with E-state index >= 15 is 0 Å². The summed E-state index contributed by atoms with van der Waals surface area (Å²) in [6.45, 7) is 4.54. The molecule has 0 bridgehead atoms. The Morgan fingerprint density at radius 1 is 1.09 bits per heavy atom. The number of fused-ring (bicyclic) bond motifs is 1. The summed E-state index contributed by atoms with van der Waals surface area (Å²) in [7, 11) is 1.95. The third-order valence-corrected chi connectivity index (χ3v) is 6.63. The molecule has 2 aromatic carbocycles. The molecule has 4 aromatic rings. The molecular formula is C27H32N4O2. The van der Waals surface area contributed by atoms with Crippen LogP contribution >= 0.6 is 0 Å². The van der Waals surface area contributed by atoms with E-state index in [9.17, 15) is 5.11 Å². The fourth-order valence-corrected chi connectivity index (χ4v) is 4.78. The highest BCUT2D eigenvalue weighted by Crippen LogP contribution is 2.29. The Bertz CT molecular complexity index is 1140. The molecule has 1 atom stereocenters. The Hall–Kier alpha value is -2.93. The Morgan fingerprint density at radius 3 is 2.64 bits per heavy atom. The van der Waals surface area contributed by atoms with Gasteiger partial charge in [0.25, 0.3) is 0 Å². The van der Waals surface area contributed by atoms with Crippen LogP contribution in [0.3, 0.4) is 0 Å². The number of hydrogen-bond donors (Lipinski definition) is 2. The molecule has 2 aromatic heterocycles. The van der Waals surface area contributed by atoms with Gasteiger partial charge in [-0.15, -0.1) is 0 Å². The first-order chi connectivity index (χ1) is 16.2. The van der Waals surface area contributed by atoms with Crippen molar-refractivity contribution in [3.63, 3.8) is 0 Å². The van der Waals surface area contributed by atoms with Gasteiger partial charge in [0, 0.05) is 37.3 Å². The number of likely N-dealkylation sites (tertiary alicyclic amines) is 1. The minimum atomic E-state index is -0.414. The van der Waals surface area contributed by atoms with Crippen LogP contribution in [0.25, 0.3) is 22.4 Å². The molecule has 2 N–H and O–H groups in total. The number of aliphatic hydroxyl groups excluding tert-OH is 1. The summed E-state index contributed by atoms with van der Waals surface area (Å²) in [5.41, 5.74) is 3.95. The van der Waals surface area contributed by atoms with E-state index in [0.29, 0.717) is 12.5 Å². The molecule has 1 saturated heterocycles. The normalized spacial score (nSPS) is 16.4. The van der Waals surface area contributed by atoms with E-state index in [4.69, 9.17) is 4.42 Å². The zero-order chi connectivity index (χ0) is 22.6. The number of furan rings is 1. The van der Waals surface area contributed by atoms with Gasteiger partial charge in [-0.25, -0.2) is 0 Å². The van der Waals surface area contributed by atoms with E-state index in [1.165, 1.54) is 0 Å². The SMILES string of the molecule is Cn1cc(CNCC2CCN(CC(O)c3ccccc3)CC2)c(-c2cc3ccccc3o2)n1. The van der Waals surface area contributed by atoms with E-state index in [0.717, 1.165) is 72.6 Å². The number of nitrogens with one attached hydrogen (secondary N) is 1. The lowest BCUT2D eigenvalue weighted by atomic mass is 9.96. The Labute approximate surface area is 194 Å². The molecule has 0 radical (unpaired) electrons. The summed E-state index contributed by atoms with van der Waals surface area (Å²) in [6.07, 6.45) is 3.96. The molecule has 0 spiro atoms. The zero-order valence-corrected chi connectivity index (χ0v) is 19.2. The van der Waals surface area contributed by atoms with Gasteiger partial charge in [0.1, 0.15) is 11.3 Å². The average Bonchev–Trinajstić information content (AvgIpc) is 3.44. The number of aryl methyl sites for hydroxylation is 1. The standard InChI is InChI=1S/C27H32N4O2/c1-30-18-23(27(29-30)26-15-22-9-5-6-10-25(22)33-26)17-28-16-20-11-13-31(14-12-20)19-24(32)21-7-3-2-4-8-21/h2-10,15,18,20,24,28,32H,11-14,16-17,19H2,1H3. The molecule has 1 unspecified atom stereocenters. The van der Waals surface area contributed by atoms with Gasteiger partial charge >= 0.3 is 0 Å². The van der Waals surface area contributed by atoms with Crippen molar-refractivity contribution < 1.29 is 9.52 Å². The maximum atomic E-state index is 10.5. The smallest absolute Gasteiger partial charge is 0.156 e. The fourth-order valence-electron chi connectivity index (χ4n) is 4.78. The average molecular weight is 445 g/mol. The molecule has 1 aliphatic heterocycles. The summed E-state index contributed by atoms with van der Waals surface area (Å²) in [6, 6.07) is 20.1. The van der Waals surface area contributed by atoms with Crippen LogP contribution in [0.5, 0.6) is 0 Å². The van der Waals surface area contributed by atoms with Crippen molar-refractivity contribution in [2.75, 3.05) is 26.2 Å². The van der Waals surface area contributed by atoms with Crippen molar-refractivity contribution in [3.05, 3.63) is 78.0 Å². The number of rotatable bonds is 8. The van der Waals surface area contributed by atoms with Crippen molar-refractivity contribution in [1.29, 1.82) is 0 Å². The van der Waals surface area contributed by atoms with Crippen LogP contribution in [0.15, 0.2) is 71.3 Å². The van der Waals surface area contributed by atoms with Gasteiger partial charge in [-0.2, -0.15) is 5.10 Å². The third-order valence-electron chi connectivity index (χ3n) is 6.63. The van der Waals surface area contributed by atoms with Crippen LogP contribution in [0, 0.1) is 5.92 Å². The number of benzene rings is 2. The molecule has 0 amide bonds. The number of aromatic nitrogens is 2.